The smallest absolute Gasteiger partial charge is 0.247 e. The highest BCUT2D eigenvalue weighted by molar-refractivity contribution is 5.98. The molecule has 2 N–H and O–H groups in total. The summed E-state index contributed by atoms with van der Waals surface area (Å²) in [7, 11) is 0. The highest BCUT2D eigenvalue weighted by Crippen LogP contribution is 2.13. The maximum atomic E-state index is 12.1. The van der Waals surface area contributed by atoms with E-state index in [0.29, 0.717) is 18.5 Å². The van der Waals surface area contributed by atoms with Crippen molar-refractivity contribution in [3.8, 4) is 12.3 Å². The Hall–Kier alpha value is -3.32. The fraction of sp³-hybridized carbons (Fsp3) is 0.143. The van der Waals surface area contributed by atoms with Crippen molar-refractivity contribution in [3.63, 3.8) is 0 Å². The van der Waals surface area contributed by atoms with Crippen molar-refractivity contribution in [2.75, 3.05) is 5.32 Å². The van der Waals surface area contributed by atoms with Crippen molar-refractivity contribution in [2.24, 2.45) is 0 Å². The molecule has 0 aliphatic rings. The zero-order valence-electron chi connectivity index (χ0n) is 13.9. The first kappa shape index (κ1) is 18.0. The Kier molecular flexibility index (Phi) is 6.56. The molecule has 2 rings (SSSR count). The van der Waals surface area contributed by atoms with Crippen LogP contribution in [0.15, 0.2) is 67.3 Å². The molecule has 2 aromatic rings. The third kappa shape index (κ3) is 5.67. The molecule has 2 amide bonds. The first-order valence-electron chi connectivity index (χ1n) is 7.95. The summed E-state index contributed by atoms with van der Waals surface area (Å²) in [6, 6.07) is 16.4. The number of nitrogens with one attached hydrogen (secondary N) is 2. The molecular weight excluding hydrogens is 312 g/mol. The van der Waals surface area contributed by atoms with Crippen LogP contribution in [-0.2, 0) is 16.0 Å². The molecule has 2 aromatic carbocycles. The molecule has 0 saturated carbocycles. The number of rotatable bonds is 7. The monoisotopic (exact) mass is 332 g/mol. The average molecular weight is 332 g/mol. The number of carbonyl (C=O) groups is 2. The summed E-state index contributed by atoms with van der Waals surface area (Å²) in [5, 5.41) is 5.53. The molecule has 1 atom stereocenters. The number of benzene rings is 2. The summed E-state index contributed by atoms with van der Waals surface area (Å²) in [6.07, 6.45) is 7.66. The van der Waals surface area contributed by atoms with Crippen molar-refractivity contribution < 1.29 is 9.59 Å². The molecule has 0 radical (unpaired) electrons. The lowest BCUT2D eigenvalue weighted by atomic mass is 10.1. The predicted octanol–water partition coefficient (Wildman–Crippen LogP) is 3.23. The second-order valence-electron chi connectivity index (χ2n) is 5.47. The molecule has 0 bridgehead atoms. The fourth-order valence-corrected chi connectivity index (χ4v) is 2.31. The molecular formula is C21H20N2O2. The minimum Gasteiger partial charge on any atom is -0.338 e. The van der Waals surface area contributed by atoms with Gasteiger partial charge in [-0.05, 0) is 35.8 Å². The van der Waals surface area contributed by atoms with E-state index in [1.165, 1.54) is 6.08 Å². The Balaban J connectivity index is 1.86. The second kappa shape index (κ2) is 9.09. The molecule has 126 valence electrons. The number of aryl methyl sites for hydroxylation is 1. The molecule has 0 saturated heterocycles. The third-order valence-electron chi connectivity index (χ3n) is 3.65. The Morgan fingerprint density at radius 3 is 2.40 bits per heavy atom. The van der Waals surface area contributed by atoms with Crippen LogP contribution in [0.2, 0.25) is 0 Å². The first-order valence-corrected chi connectivity index (χ1v) is 7.95. The van der Waals surface area contributed by atoms with E-state index in [4.69, 9.17) is 6.42 Å². The van der Waals surface area contributed by atoms with Crippen LogP contribution in [-0.4, -0.2) is 11.8 Å². The molecule has 4 nitrogen and oxygen atoms in total. The van der Waals surface area contributed by atoms with Crippen LogP contribution in [0.5, 0.6) is 0 Å². The van der Waals surface area contributed by atoms with E-state index in [1.807, 2.05) is 42.5 Å². The van der Waals surface area contributed by atoms with Gasteiger partial charge in [0.2, 0.25) is 11.8 Å². The summed E-state index contributed by atoms with van der Waals surface area (Å²) >= 11 is 0. The van der Waals surface area contributed by atoms with Crippen LogP contribution in [0, 0.1) is 12.3 Å². The lowest BCUT2D eigenvalue weighted by Crippen LogP contribution is -2.27. The van der Waals surface area contributed by atoms with Crippen LogP contribution < -0.4 is 10.6 Å². The second-order valence-corrected chi connectivity index (χ2v) is 5.47. The maximum Gasteiger partial charge on any atom is 0.247 e. The number of anilines is 1. The largest absolute Gasteiger partial charge is 0.338 e. The van der Waals surface area contributed by atoms with Crippen molar-refractivity contribution in [1.29, 1.82) is 0 Å². The van der Waals surface area contributed by atoms with Crippen LogP contribution in [0.3, 0.4) is 0 Å². The van der Waals surface area contributed by atoms with Gasteiger partial charge in [0, 0.05) is 12.1 Å². The minimum absolute atomic E-state index is 0.101. The van der Waals surface area contributed by atoms with E-state index in [-0.39, 0.29) is 11.8 Å². The van der Waals surface area contributed by atoms with Gasteiger partial charge in [0.05, 0.1) is 0 Å². The summed E-state index contributed by atoms with van der Waals surface area (Å²) in [5.74, 6) is 2.24. The van der Waals surface area contributed by atoms with Gasteiger partial charge in [0.25, 0.3) is 0 Å². The summed E-state index contributed by atoms with van der Waals surface area (Å²) in [6.45, 7) is 3.41. The molecule has 25 heavy (non-hydrogen) atoms. The Morgan fingerprint density at radius 1 is 1.12 bits per heavy atom. The van der Waals surface area contributed by atoms with Gasteiger partial charge in [-0.2, -0.15) is 0 Å². The van der Waals surface area contributed by atoms with Crippen molar-refractivity contribution in [3.05, 3.63) is 78.4 Å². The molecule has 0 aliphatic heterocycles. The Bertz CT molecular complexity index is 774. The SMILES string of the molecule is C#CC(NC(=O)CCc1ccc(NC(=O)C=C)cc1)c1ccccc1. The predicted molar refractivity (Wildman–Crippen MR) is 99.7 cm³/mol. The van der Waals surface area contributed by atoms with Crippen LogP contribution in [0.4, 0.5) is 5.69 Å². The van der Waals surface area contributed by atoms with E-state index in [9.17, 15) is 9.59 Å². The van der Waals surface area contributed by atoms with Gasteiger partial charge in [0.15, 0.2) is 0 Å². The highest BCUT2D eigenvalue weighted by atomic mass is 16.2. The normalized spacial score (nSPS) is 11.0. The number of terminal acetylenes is 1. The average Bonchev–Trinajstić information content (AvgIpc) is 2.66. The topological polar surface area (TPSA) is 58.2 Å². The van der Waals surface area contributed by atoms with Crippen LogP contribution in [0.25, 0.3) is 0 Å². The standard InChI is InChI=1S/C21H20N2O2/c1-3-19(17-8-6-5-7-9-17)23-21(25)15-12-16-10-13-18(14-11-16)22-20(24)4-2/h1,4-11,13-14,19H,2,12,15H2,(H,22,24)(H,23,25). The van der Waals surface area contributed by atoms with E-state index in [0.717, 1.165) is 11.1 Å². The number of amides is 2. The first-order chi connectivity index (χ1) is 12.1. The van der Waals surface area contributed by atoms with Gasteiger partial charge in [-0.25, -0.2) is 0 Å². The van der Waals surface area contributed by atoms with Crippen molar-refractivity contribution >= 4 is 17.5 Å². The molecule has 1 unspecified atom stereocenters. The van der Waals surface area contributed by atoms with Gasteiger partial charge in [-0.15, -0.1) is 6.42 Å². The van der Waals surface area contributed by atoms with Gasteiger partial charge in [0.1, 0.15) is 6.04 Å². The summed E-state index contributed by atoms with van der Waals surface area (Å²) in [4.78, 5) is 23.4. The molecule has 4 heteroatoms. The summed E-state index contributed by atoms with van der Waals surface area (Å²) in [5.41, 5.74) is 2.58. The Labute approximate surface area is 148 Å². The van der Waals surface area contributed by atoms with Crippen molar-refractivity contribution in [2.45, 2.75) is 18.9 Å². The van der Waals surface area contributed by atoms with Gasteiger partial charge >= 0.3 is 0 Å². The van der Waals surface area contributed by atoms with Gasteiger partial charge < -0.3 is 10.6 Å². The molecule has 0 aliphatic carbocycles. The van der Waals surface area contributed by atoms with E-state index < -0.39 is 6.04 Å². The number of carbonyl (C=O) groups excluding carboxylic acids is 2. The lowest BCUT2D eigenvalue weighted by Gasteiger charge is -2.13. The summed E-state index contributed by atoms with van der Waals surface area (Å²) < 4.78 is 0. The zero-order valence-corrected chi connectivity index (χ0v) is 13.9. The van der Waals surface area contributed by atoms with Gasteiger partial charge in [-0.3, -0.25) is 9.59 Å². The van der Waals surface area contributed by atoms with E-state index in [2.05, 4.69) is 23.1 Å². The number of hydrogen-bond acceptors (Lipinski definition) is 2. The molecule has 0 aromatic heterocycles. The zero-order chi connectivity index (χ0) is 18.1. The van der Waals surface area contributed by atoms with Crippen LogP contribution >= 0.6 is 0 Å². The van der Waals surface area contributed by atoms with Gasteiger partial charge in [-0.1, -0.05) is 55.0 Å². The Morgan fingerprint density at radius 2 is 1.80 bits per heavy atom. The van der Waals surface area contributed by atoms with Crippen LogP contribution in [0.1, 0.15) is 23.6 Å². The lowest BCUT2D eigenvalue weighted by molar-refractivity contribution is -0.121. The van der Waals surface area contributed by atoms with E-state index >= 15 is 0 Å². The molecule has 0 heterocycles. The van der Waals surface area contributed by atoms with E-state index in [1.54, 1.807) is 12.1 Å². The fourth-order valence-electron chi connectivity index (χ4n) is 2.31. The third-order valence-corrected chi connectivity index (χ3v) is 3.65. The quantitative estimate of drug-likeness (QED) is 0.604. The molecule has 0 fully saturated rings. The van der Waals surface area contributed by atoms with Crippen molar-refractivity contribution in [1.82, 2.24) is 5.32 Å². The maximum absolute atomic E-state index is 12.1. The molecule has 0 spiro atoms. The highest BCUT2D eigenvalue weighted by Gasteiger charge is 2.11. The number of hydrogen-bond donors (Lipinski definition) is 2. The minimum atomic E-state index is -0.426.